The molecular weight excluding hydrogens is 248 g/mol. The van der Waals surface area contributed by atoms with Crippen LogP contribution in [-0.2, 0) is 9.59 Å². The van der Waals surface area contributed by atoms with E-state index in [9.17, 15) is 19.5 Å². The highest BCUT2D eigenvalue weighted by atomic mass is 16.4. The minimum absolute atomic E-state index is 0.0153. The second kappa shape index (κ2) is 5.09. The Morgan fingerprint density at radius 2 is 2.11 bits per heavy atom. The predicted molar refractivity (Wildman–Crippen MR) is 69.3 cm³/mol. The van der Waals surface area contributed by atoms with E-state index in [1.165, 1.54) is 17.9 Å². The van der Waals surface area contributed by atoms with Gasteiger partial charge in [0.15, 0.2) is 0 Å². The Kier molecular flexibility index (Phi) is 3.50. The van der Waals surface area contributed by atoms with E-state index in [4.69, 9.17) is 0 Å². The number of rotatable bonds is 3. The van der Waals surface area contributed by atoms with Crippen molar-refractivity contribution in [3.05, 3.63) is 23.8 Å². The first-order valence-electron chi connectivity index (χ1n) is 5.94. The molecule has 1 aliphatic heterocycles. The molecule has 2 rings (SSSR count). The molecule has 1 saturated heterocycles. The first kappa shape index (κ1) is 13.1. The van der Waals surface area contributed by atoms with E-state index in [0.29, 0.717) is 24.3 Å². The molecule has 0 unspecified atom stereocenters. The van der Waals surface area contributed by atoms with Gasteiger partial charge in [0.2, 0.25) is 11.8 Å². The number of benzene rings is 1. The van der Waals surface area contributed by atoms with Gasteiger partial charge in [0, 0.05) is 25.6 Å². The van der Waals surface area contributed by atoms with E-state index < -0.39 is 5.97 Å². The Bertz CT molecular complexity index is 554. The van der Waals surface area contributed by atoms with Gasteiger partial charge >= 0.3 is 5.97 Å². The van der Waals surface area contributed by atoms with Crippen LogP contribution < -0.4 is 10.2 Å². The number of hydrogen-bond acceptors (Lipinski definition) is 3. The van der Waals surface area contributed by atoms with Crippen LogP contribution in [0.15, 0.2) is 18.2 Å². The zero-order valence-corrected chi connectivity index (χ0v) is 10.5. The summed E-state index contributed by atoms with van der Waals surface area (Å²) in [6.45, 7) is 1.87. The van der Waals surface area contributed by atoms with Gasteiger partial charge in [0.25, 0.3) is 0 Å². The Morgan fingerprint density at radius 1 is 1.37 bits per heavy atom. The number of carboxylic acids is 1. The highest BCUT2D eigenvalue weighted by Crippen LogP contribution is 2.28. The second-order valence-corrected chi connectivity index (χ2v) is 4.37. The lowest BCUT2D eigenvalue weighted by Crippen LogP contribution is -2.26. The molecule has 6 heteroatoms. The average Bonchev–Trinajstić information content (AvgIpc) is 2.74. The number of carboxylic acid groups (broad SMARTS) is 1. The smallest absolute Gasteiger partial charge is 0.337 e. The van der Waals surface area contributed by atoms with Gasteiger partial charge < -0.3 is 15.3 Å². The van der Waals surface area contributed by atoms with E-state index in [1.807, 2.05) is 0 Å². The summed E-state index contributed by atoms with van der Waals surface area (Å²) >= 11 is 0. The molecule has 2 N–H and O–H groups in total. The van der Waals surface area contributed by atoms with Crippen LogP contribution >= 0.6 is 0 Å². The van der Waals surface area contributed by atoms with E-state index in [1.54, 1.807) is 12.1 Å². The standard InChI is InChI=1S/C13H14N2O4/c1-8(16)14-9-4-5-11(10(7-9)13(18)19)15-6-2-3-12(15)17/h4-5,7H,2-3,6H2,1H3,(H,14,16)(H,18,19). The Morgan fingerprint density at radius 3 is 2.63 bits per heavy atom. The third-order valence-electron chi connectivity index (χ3n) is 2.91. The van der Waals surface area contributed by atoms with Gasteiger partial charge in [-0.05, 0) is 24.6 Å². The minimum Gasteiger partial charge on any atom is -0.478 e. The van der Waals surface area contributed by atoms with Crippen molar-refractivity contribution in [3.63, 3.8) is 0 Å². The van der Waals surface area contributed by atoms with Crippen LogP contribution in [0.2, 0.25) is 0 Å². The fraction of sp³-hybridized carbons (Fsp3) is 0.308. The molecule has 0 aliphatic carbocycles. The largest absolute Gasteiger partial charge is 0.478 e. The lowest BCUT2D eigenvalue weighted by atomic mass is 10.1. The van der Waals surface area contributed by atoms with E-state index in [0.717, 1.165) is 6.42 Å². The molecule has 0 bridgehead atoms. The summed E-state index contributed by atoms with van der Waals surface area (Å²) in [5, 5.41) is 11.7. The number of hydrogen-bond donors (Lipinski definition) is 2. The molecule has 0 aromatic heterocycles. The summed E-state index contributed by atoms with van der Waals surface area (Å²) in [5.74, 6) is -1.47. The molecule has 1 heterocycles. The van der Waals surface area contributed by atoms with Crippen molar-refractivity contribution >= 4 is 29.2 Å². The maximum absolute atomic E-state index is 11.7. The van der Waals surface area contributed by atoms with Crippen molar-refractivity contribution in [1.29, 1.82) is 0 Å². The zero-order valence-electron chi connectivity index (χ0n) is 10.5. The lowest BCUT2D eigenvalue weighted by Gasteiger charge is -2.18. The molecule has 100 valence electrons. The predicted octanol–water partition coefficient (Wildman–Crippen LogP) is 1.47. The molecule has 1 aromatic carbocycles. The Balaban J connectivity index is 2.40. The first-order valence-corrected chi connectivity index (χ1v) is 5.94. The van der Waals surface area contributed by atoms with Gasteiger partial charge in [-0.25, -0.2) is 4.79 Å². The van der Waals surface area contributed by atoms with Gasteiger partial charge in [0.1, 0.15) is 0 Å². The summed E-state index contributed by atoms with van der Waals surface area (Å²) < 4.78 is 0. The molecule has 6 nitrogen and oxygen atoms in total. The Hall–Kier alpha value is -2.37. The van der Waals surface area contributed by atoms with Crippen molar-refractivity contribution in [2.45, 2.75) is 19.8 Å². The maximum Gasteiger partial charge on any atom is 0.337 e. The van der Waals surface area contributed by atoms with Crippen LogP contribution in [0, 0.1) is 0 Å². The molecule has 2 amide bonds. The van der Waals surface area contributed by atoms with E-state index in [2.05, 4.69) is 5.32 Å². The third-order valence-corrected chi connectivity index (χ3v) is 2.91. The molecule has 0 saturated carbocycles. The van der Waals surface area contributed by atoms with Crippen molar-refractivity contribution in [2.24, 2.45) is 0 Å². The van der Waals surface area contributed by atoms with Crippen molar-refractivity contribution < 1.29 is 19.5 Å². The molecule has 0 spiro atoms. The monoisotopic (exact) mass is 262 g/mol. The first-order chi connectivity index (χ1) is 8.99. The van der Waals surface area contributed by atoms with Crippen LogP contribution in [-0.4, -0.2) is 29.4 Å². The molecular formula is C13H14N2O4. The number of nitrogens with zero attached hydrogens (tertiary/aromatic N) is 1. The molecule has 0 atom stereocenters. The molecule has 1 aliphatic rings. The van der Waals surface area contributed by atoms with Crippen molar-refractivity contribution in [2.75, 3.05) is 16.8 Å². The van der Waals surface area contributed by atoms with Gasteiger partial charge in [-0.15, -0.1) is 0 Å². The highest BCUT2D eigenvalue weighted by molar-refractivity contribution is 6.04. The van der Waals surface area contributed by atoms with Crippen molar-refractivity contribution in [1.82, 2.24) is 0 Å². The quantitative estimate of drug-likeness (QED) is 0.863. The Labute approximate surface area is 110 Å². The maximum atomic E-state index is 11.7. The second-order valence-electron chi connectivity index (χ2n) is 4.37. The summed E-state index contributed by atoms with van der Waals surface area (Å²) in [6, 6.07) is 4.51. The van der Waals surface area contributed by atoms with Crippen LogP contribution in [0.5, 0.6) is 0 Å². The highest BCUT2D eigenvalue weighted by Gasteiger charge is 2.26. The molecule has 1 fully saturated rings. The lowest BCUT2D eigenvalue weighted by molar-refractivity contribution is -0.117. The van der Waals surface area contributed by atoms with Crippen LogP contribution in [0.1, 0.15) is 30.1 Å². The number of carbonyl (C=O) groups excluding carboxylic acids is 2. The number of nitrogens with one attached hydrogen (secondary N) is 1. The number of carbonyl (C=O) groups is 3. The SMILES string of the molecule is CC(=O)Nc1ccc(N2CCCC2=O)c(C(=O)O)c1. The van der Waals surface area contributed by atoms with Crippen molar-refractivity contribution in [3.8, 4) is 0 Å². The number of amides is 2. The average molecular weight is 262 g/mol. The van der Waals surface area contributed by atoms with Gasteiger partial charge in [-0.3, -0.25) is 9.59 Å². The molecule has 0 radical (unpaired) electrons. The van der Waals surface area contributed by atoms with Crippen LogP contribution in [0.25, 0.3) is 0 Å². The minimum atomic E-state index is -1.12. The summed E-state index contributed by atoms with van der Waals surface area (Å²) in [4.78, 5) is 35.4. The fourth-order valence-electron chi connectivity index (χ4n) is 2.13. The van der Waals surface area contributed by atoms with Crippen LogP contribution in [0.3, 0.4) is 0 Å². The topological polar surface area (TPSA) is 86.7 Å². The molecule has 19 heavy (non-hydrogen) atoms. The zero-order chi connectivity index (χ0) is 14.0. The normalized spacial score (nSPS) is 14.6. The van der Waals surface area contributed by atoms with E-state index in [-0.39, 0.29) is 17.4 Å². The van der Waals surface area contributed by atoms with Gasteiger partial charge in [-0.2, -0.15) is 0 Å². The van der Waals surface area contributed by atoms with Gasteiger partial charge in [0.05, 0.1) is 11.3 Å². The van der Waals surface area contributed by atoms with E-state index >= 15 is 0 Å². The summed E-state index contributed by atoms with van der Waals surface area (Å²) in [6.07, 6.45) is 1.16. The summed E-state index contributed by atoms with van der Waals surface area (Å²) in [5.41, 5.74) is 0.797. The summed E-state index contributed by atoms with van der Waals surface area (Å²) in [7, 11) is 0. The molecule has 1 aromatic rings. The van der Waals surface area contributed by atoms with Gasteiger partial charge in [-0.1, -0.05) is 0 Å². The third kappa shape index (κ3) is 2.73. The number of aromatic carboxylic acids is 1. The van der Waals surface area contributed by atoms with Crippen LogP contribution in [0.4, 0.5) is 11.4 Å². The number of anilines is 2. The fourth-order valence-corrected chi connectivity index (χ4v) is 2.13.